The molecule has 0 aromatic heterocycles. The summed E-state index contributed by atoms with van der Waals surface area (Å²) in [6, 6.07) is 17.1. The van der Waals surface area contributed by atoms with Crippen molar-refractivity contribution in [3.63, 3.8) is 0 Å². The third-order valence-electron chi connectivity index (χ3n) is 3.93. The summed E-state index contributed by atoms with van der Waals surface area (Å²) < 4.78 is 0. The Morgan fingerprint density at radius 1 is 1.17 bits per heavy atom. The van der Waals surface area contributed by atoms with Gasteiger partial charge in [0, 0.05) is 18.0 Å². The molecule has 2 aromatic rings. The van der Waals surface area contributed by atoms with Gasteiger partial charge >= 0.3 is 0 Å². The van der Waals surface area contributed by atoms with Crippen molar-refractivity contribution < 1.29 is 9.59 Å². The number of nitrogens with one attached hydrogen (secondary N) is 2. The Morgan fingerprint density at radius 3 is 2.54 bits per heavy atom. The van der Waals surface area contributed by atoms with Gasteiger partial charge in [0.05, 0.1) is 12.1 Å². The van der Waals surface area contributed by atoms with E-state index >= 15 is 0 Å². The number of hydrogen-bond donors (Lipinski definition) is 2. The fourth-order valence-corrected chi connectivity index (χ4v) is 2.71. The minimum absolute atomic E-state index is 0.0513. The highest BCUT2D eigenvalue weighted by Crippen LogP contribution is 2.18. The van der Waals surface area contributed by atoms with Gasteiger partial charge in [-0.15, -0.1) is 0 Å². The molecule has 0 radical (unpaired) electrons. The highest BCUT2D eigenvalue weighted by molar-refractivity contribution is 6.06. The van der Waals surface area contributed by atoms with E-state index in [-0.39, 0.29) is 17.7 Å². The molecule has 0 bridgehead atoms. The topological polar surface area (TPSA) is 70.6 Å². The minimum atomic E-state index is -0.0592. The molecule has 2 N–H and O–H groups in total. The Balaban J connectivity index is 1.64. The summed E-state index contributed by atoms with van der Waals surface area (Å²) >= 11 is 0. The molecule has 2 aromatic carbocycles. The molecule has 0 saturated carbocycles. The van der Waals surface area contributed by atoms with E-state index in [1.165, 1.54) is 0 Å². The van der Waals surface area contributed by atoms with Gasteiger partial charge in [-0.05, 0) is 23.3 Å². The summed E-state index contributed by atoms with van der Waals surface area (Å²) in [6.45, 7) is 1.98. The monoisotopic (exact) mass is 321 g/mol. The van der Waals surface area contributed by atoms with Gasteiger partial charge < -0.3 is 5.32 Å². The van der Waals surface area contributed by atoms with Gasteiger partial charge in [0.25, 0.3) is 0 Å². The normalized spacial score (nSPS) is 17.0. The second kappa shape index (κ2) is 7.08. The van der Waals surface area contributed by atoms with Gasteiger partial charge in [-0.3, -0.25) is 9.59 Å². The number of hydrogen-bond acceptors (Lipinski definition) is 3. The summed E-state index contributed by atoms with van der Waals surface area (Å²) in [7, 11) is 0. The lowest BCUT2D eigenvalue weighted by atomic mass is 9.94. The lowest BCUT2D eigenvalue weighted by molar-refractivity contribution is -0.122. The Labute approximate surface area is 140 Å². The standard InChI is InChI=1S/C19H19N3O2/c1-13-11-18(24)21-22-19(13)15-7-9-16(10-8-15)20-17(23)12-14-5-3-2-4-6-14/h2-10,13H,11-12H2,1H3,(H,20,23)(H,21,24). The lowest BCUT2D eigenvalue weighted by Crippen LogP contribution is -2.31. The second-order valence-corrected chi connectivity index (χ2v) is 5.93. The van der Waals surface area contributed by atoms with E-state index in [1.54, 1.807) is 0 Å². The largest absolute Gasteiger partial charge is 0.326 e. The van der Waals surface area contributed by atoms with Crippen LogP contribution < -0.4 is 10.7 Å². The first-order valence-corrected chi connectivity index (χ1v) is 7.92. The van der Waals surface area contributed by atoms with Crippen molar-refractivity contribution in [3.05, 3.63) is 65.7 Å². The van der Waals surface area contributed by atoms with Crippen molar-refractivity contribution in [1.82, 2.24) is 5.43 Å². The van der Waals surface area contributed by atoms with Crippen LogP contribution in [0, 0.1) is 5.92 Å². The predicted molar refractivity (Wildman–Crippen MR) is 93.7 cm³/mol. The van der Waals surface area contributed by atoms with Crippen LogP contribution in [-0.4, -0.2) is 17.5 Å². The van der Waals surface area contributed by atoms with Crippen LogP contribution in [0.2, 0.25) is 0 Å². The number of amides is 2. The number of anilines is 1. The Morgan fingerprint density at radius 2 is 1.88 bits per heavy atom. The molecule has 0 saturated heterocycles. The van der Waals surface area contributed by atoms with Crippen LogP contribution in [0.3, 0.4) is 0 Å². The molecule has 1 heterocycles. The van der Waals surface area contributed by atoms with E-state index in [9.17, 15) is 9.59 Å². The molecule has 0 spiro atoms. The molecule has 0 fully saturated rings. The van der Waals surface area contributed by atoms with Gasteiger partial charge in [0.1, 0.15) is 0 Å². The zero-order valence-electron chi connectivity index (χ0n) is 13.5. The first kappa shape index (κ1) is 15.9. The van der Waals surface area contributed by atoms with Crippen LogP contribution in [0.1, 0.15) is 24.5 Å². The molecule has 122 valence electrons. The summed E-state index contributed by atoms with van der Waals surface area (Å²) in [5.41, 5.74) is 6.04. The maximum absolute atomic E-state index is 12.1. The highest BCUT2D eigenvalue weighted by atomic mass is 16.2. The molecule has 3 rings (SSSR count). The maximum Gasteiger partial charge on any atom is 0.240 e. The van der Waals surface area contributed by atoms with Crippen molar-refractivity contribution in [3.8, 4) is 0 Å². The van der Waals surface area contributed by atoms with E-state index in [4.69, 9.17) is 0 Å². The van der Waals surface area contributed by atoms with Crippen molar-refractivity contribution in [1.29, 1.82) is 0 Å². The van der Waals surface area contributed by atoms with Crippen molar-refractivity contribution in [2.75, 3.05) is 5.32 Å². The maximum atomic E-state index is 12.1. The SMILES string of the molecule is CC1CC(=O)NN=C1c1ccc(NC(=O)Cc2ccccc2)cc1. The number of nitrogens with zero attached hydrogens (tertiary/aromatic N) is 1. The van der Waals surface area contributed by atoms with E-state index in [0.717, 1.165) is 22.5 Å². The number of carbonyl (C=O) groups excluding carboxylic acids is 2. The smallest absolute Gasteiger partial charge is 0.240 e. The Kier molecular flexibility index (Phi) is 4.70. The van der Waals surface area contributed by atoms with E-state index in [1.807, 2.05) is 61.5 Å². The molecule has 5 nitrogen and oxygen atoms in total. The molecule has 1 atom stereocenters. The fraction of sp³-hybridized carbons (Fsp3) is 0.211. The lowest BCUT2D eigenvalue weighted by Gasteiger charge is -2.19. The molecule has 1 aliphatic rings. The molecular formula is C19H19N3O2. The summed E-state index contributed by atoms with van der Waals surface area (Å²) in [4.78, 5) is 23.4. The van der Waals surface area contributed by atoms with Crippen LogP contribution in [0.25, 0.3) is 0 Å². The van der Waals surface area contributed by atoms with Gasteiger partial charge in [0.15, 0.2) is 0 Å². The van der Waals surface area contributed by atoms with Crippen LogP contribution in [-0.2, 0) is 16.0 Å². The number of carbonyl (C=O) groups is 2. The third kappa shape index (κ3) is 3.87. The summed E-state index contributed by atoms with van der Waals surface area (Å²) in [6.07, 6.45) is 0.784. The van der Waals surface area contributed by atoms with E-state index in [2.05, 4.69) is 15.8 Å². The van der Waals surface area contributed by atoms with Crippen LogP contribution in [0.4, 0.5) is 5.69 Å². The van der Waals surface area contributed by atoms with Crippen LogP contribution in [0.15, 0.2) is 59.7 Å². The first-order valence-electron chi connectivity index (χ1n) is 7.92. The quantitative estimate of drug-likeness (QED) is 0.909. The molecule has 24 heavy (non-hydrogen) atoms. The summed E-state index contributed by atoms with van der Waals surface area (Å²) in [5, 5.41) is 7.03. The molecule has 0 aliphatic carbocycles. The Bertz CT molecular complexity index is 767. The van der Waals surface area contributed by atoms with Gasteiger partial charge in [-0.1, -0.05) is 49.4 Å². The Hall–Kier alpha value is -2.95. The van der Waals surface area contributed by atoms with E-state index < -0.39 is 0 Å². The first-order chi connectivity index (χ1) is 11.6. The fourth-order valence-electron chi connectivity index (χ4n) is 2.71. The molecule has 5 heteroatoms. The zero-order chi connectivity index (χ0) is 16.9. The van der Waals surface area contributed by atoms with Crippen molar-refractivity contribution >= 4 is 23.2 Å². The van der Waals surface area contributed by atoms with Gasteiger partial charge in [-0.2, -0.15) is 5.10 Å². The number of hydrazone groups is 1. The molecule has 1 aliphatic heterocycles. The molecular weight excluding hydrogens is 302 g/mol. The number of rotatable bonds is 4. The average molecular weight is 321 g/mol. The zero-order valence-corrected chi connectivity index (χ0v) is 13.5. The summed E-state index contributed by atoms with van der Waals surface area (Å²) in [5.74, 6) is -0.0297. The van der Waals surface area contributed by atoms with Crippen LogP contribution >= 0.6 is 0 Å². The van der Waals surface area contributed by atoms with Gasteiger partial charge in [-0.25, -0.2) is 5.43 Å². The van der Waals surface area contributed by atoms with Crippen molar-refractivity contribution in [2.24, 2.45) is 11.0 Å². The average Bonchev–Trinajstić information content (AvgIpc) is 2.57. The molecule has 2 amide bonds. The minimum Gasteiger partial charge on any atom is -0.326 e. The second-order valence-electron chi connectivity index (χ2n) is 5.93. The predicted octanol–water partition coefficient (Wildman–Crippen LogP) is 2.73. The van der Waals surface area contributed by atoms with E-state index in [0.29, 0.717) is 12.8 Å². The number of benzene rings is 2. The van der Waals surface area contributed by atoms with Gasteiger partial charge in [0.2, 0.25) is 11.8 Å². The van der Waals surface area contributed by atoms with Crippen molar-refractivity contribution in [2.45, 2.75) is 19.8 Å². The molecule has 1 unspecified atom stereocenters. The highest BCUT2D eigenvalue weighted by Gasteiger charge is 2.21. The van der Waals surface area contributed by atoms with Crippen LogP contribution in [0.5, 0.6) is 0 Å². The third-order valence-corrected chi connectivity index (χ3v) is 3.93.